The van der Waals surface area contributed by atoms with Crippen LogP contribution >= 0.6 is 11.6 Å². The van der Waals surface area contributed by atoms with Gasteiger partial charge >= 0.3 is 0 Å². The molecule has 1 rings (SSSR count). The molecule has 0 fully saturated rings. The summed E-state index contributed by atoms with van der Waals surface area (Å²) in [6, 6.07) is 4.08. The monoisotopic (exact) mass is 240 g/mol. The van der Waals surface area contributed by atoms with Crippen LogP contribution in [0, 0.1) is 6.92 Å². The number of nitrogens with zero attached hydrogens (tertiary/aromatic N) is 1. The average molecular weight is 241 g/mol. The second kappa shape index (κ2) is 8.54. The van der Waals surface area contributed by atoms with Crippen LogP contribution in [0.1, 0.15) is 36.9 Å². The predicted molar refractivity (Wildman–Crippen MR) is 69.9 cm³/mol. The highest BCUT2D eigenvalue weighted by Crippen LogP contribution is 2.03. The molecule has 16 heavy (non-hydrogen) atoms. The van der Waals surface area contributed by atoms with Crippen LogP contribution in [0.4, 0.5) is 0 Å². The van der Waals surface area contributed by atoms with Gasteiger partial charge < -0.3 is 5.32 Å². The number of nitrogens with one attached hydrogen (secondary N) is 1. The minimum absolute atomic E-state index is 0.792. The molecule has 0 radical (unpaired) electrons. The Morgan fingerprint density at radius 1 is 1.25 bits per heavy atom. The van der Waals surface area contributed by atoms with E-state index < -0.39 is 0 Å². The lowest BCUT2D eigenvalue weighted by molar-refractivity contribution is 0.593. The summed E-state index contributed by atoms with van der Waals surface area (Å²) in [6.45, 7) is 4.05. The van der Waals surface area contributed by atoms with Crippen LogP contribution in [0.25, 0.3) is 0 Å². The Morgan fingerprint density at radius 3 is 2.81 bits per heavy atom. The minimum atomic E-state index is 0.792. The molecule has 0 aromatic carbocycles. The molecule has 0 spiro atoms. The quantitative estimate of drug-likeness (QED) is 0.557. The Balaban J connectivity index is 2.05. The number of rotatable bonds is 8. The van der Waals surface area contributed by atoms with E-state index in [2.05, 4.69) is 23.3 Å². The van der Waals surface area contributed by atoms with Gasteiger partial charge in [-0.15, -0.1) is 11.6 Å². The van der Waals surface area contributed by atoms with Crippen LogP contribution in [0.15, 0.2) is 18.3 Å². The SMILES string of the molecule is Cc1cccnc1CNCCCCCCCl. The van der Waals surface area contributed by atoms with E-state index in [-0.39, 0.29) is 0 Å². The van der Waals surface area contributed by atoms with E-state index in [0.29, 0.717) is 0 Å². The molecule has 2 nitrogen and oxygen atoms in total. The topological polar surface area (TPSA) is 24.9 Å². The number of unbranched alkanes of at least 4 members (excludes halogenated alkanes) is 3. The van der Waals surface area contributed by atoms with Gasteiger partial charge in [0.2, 0.25) is 0 Å². The van der Waals surface area contributed by atoms with E-state index in [1.807, 2.05) is 12.3 Å². The van der Waals surface area contributed by atoms with Crippen molar-refractivity contribution in [2.45, 2.75) is 39.2 Å². The highest BCUT2D eigenvalue weighted by atomic mass is 35.5. The molecular formula is C13H21ClN2. The number of halogens is 1. The van der Waals surface area contributed by atoms with E-state index in [1.54, 1.807) is 0 Å². The second-order valence-corrected chi connectivity index (χ2v) is 4.42. The van der Waals surface area contributed by atoms with Crippen molar-refractivity contribution in [3.05, 3.63) is 29.6 Å². The number of hydrogen-bond acceptors (Lipinski definition) is 2. The highest BCUT2D eigenvalue weighted by Gasteiger charge is 1.97. The molecule has 3 heteroatoms. The Kier molecular flexibility index (Phi) is 7.19. The van der Waals surface area contributed by atoms with Gasteiger partial charge in [0.05, 0.1) is 5.69 Å². The maximum atomic E-state index is 5.62. The third-order valence-electron chi connectivity index (χ3n) is 2.65. The third-order valence-corrected chi connectivity index (χ3v) is 2.91. The van der Waals surface area contributed by atoms with Crippen molar-refractivity contribution in [1.82, 2.24) is 10.3 Å². The van der Waals surface area contributed by atoms with Crippen molar-refractivity contribution >= 4 is 11.6 Å². The van der Waals surface area contributed by atoms with Crippen molar-refractivity contribution in [3.63, 3.8) is 0 Å². The number of aryl methyl sites for hydroxylation is 1. The molecule has 1 heterocycles. The van der Waals surface area contributed by atoms with E-state index in [1.165, 1.54) is 24.8 Å². The van der Waals surface area contributed by atoms with Crippen LogP contribution in [0.2, 0.25) is 0 Å². The van der Waals surface area contributed by atoms with Crippen LogP contribution in [-0.4, -0.2) is 17.4 Å². The van der Waals surface area contributed by atoms with Gasteiger partial charge in [0.1, 0.15) is 0 Å². The molecule has 1 aromatic rings. The zero-order valence-electron chi connectivity index (χ0n) is 10.0. The lowest BCUT2D eigenvalue weighted by atomic mass is 10.2. The fourth-order valence-corrected chi connectivity index (χ4v) is 1.80. The molecule has 0 unspecified atom stereocenters. The van der Waals surface area contributed by atoms with E-state index in [9.17, 15) is 0 Å². The van der Waals surface area contributed by atoms with Crippen LogP contribution < -0.4 is 5.32 Å². The van der Waals surface area contributed by atoms with Crippen molar-refractivity contribution in [2.24, 2.45) is 0 Å². The Hall–Kier alpha value is -0.600. The number of alkyl halides is 1. The standard InChI is InChI=1S/C13H21ClN2/c1-12-7-6-10-16-13(12)11-15-9-5-3-2-4-8-14/h6-7,10,15H,2-5,8-9,11H2,1H3. The summed E-state index contributed by atoms with van der Waals surface area (Å²) in [4.78, 5) is 4.35. The first-order valence-electron chi connectivity index (χ1n) is 6.02. The summed E-state index contributed by atoms with van der Waals surface area (Å²) in [7, 11) is 0. The van der Waals surface area contributed by atoms with E-state index in [0.717, 1.165) is 31.1 Å². The van der Waals surface area contributed by atoms with E-state index >= 15 is 0 Å². The highest BCUT2D eigenvalue weighted by molar-refractivity contribution is 6.17. The number of aromatic nitrogens is 1. The number of pyridine rings is 1. The first-order valence-corrected chi connectivity index (χ1v) is 6.55. The molecule has 90 valence electrons. The molecule has 0 aliphatic carbocycles. The first kappa shape index (κ1) is 13.5. The van der Waals surface area contributed by atoms with Gasteiger partial charge in [0.25, 0.3) is 0 Å². The summed E-state index contributed by atoms with van der Waals surface area (Å²) in [6.07, 6.45) is 6.73. The molecule has 0 aliphatic heterocycles. The van der Waals surface area contributed by atoms with Gasteiger partial charge in [-0.25, -0.2) is 0 Å². The summed E-state index contributed by atoms with van der Waals surface area (Å²) in [5.74, 6) is 0.792. The van der Waals surface area contributed by atoms with Gasteiger partial charge in [-0.1, -0.05) is 18.9 Å². The first-order chi connectivity index (χ1) is 7.84. The van der Waals surface area contributed by atoms with Crippen LogP contribution in [0.5, 0.6) is 0 Å². The van der Waals surface area contributed by atoms with Crippen molar-refractivity contribution in [1.29, 1.82) is 0 Å². The van der Waals surface area contributed by atoms with Crippen molar-refractivity contribution < 1.29 is 0 Å². The smallest absolute Gasteiger partial charge is 0.0570 e. The summed E-state index contributed by atoms with van der Waals surface area (Å²) in [5, 5.41) is 3.42. The maximum absolute atomic E-state index is 5.62. The lowest BCUT2D eigenvalue weighted by Gasteiger charge is -2.06. The third kappa shape index (κ3) is 5.47. The summed E-state index contributed by atoms with van der Waals surface area (Å²) >= 11 is 5.62. The molecular weight excluding hydrogens is 220 g/mol. The van der Waals surface area contributed by atoms with Crippen LogP contribution in [-0.2, 0) is 6.54 Å². The van der Waals surface area contributed by atoms with Crippen LogP contribution in [0.3, 0.4) is 0 Å². The Bertz CT molecular complexity index is 289. The average Bonchev–Trinajstić information content (AvgIpc) is 2.30. The van der Waals surface area contributed by atoms with Gasteiger partial charge in [0, 0.05) is 18.6 Å². The molecule has 0 atom stereocenters. The fraction of sp³-hybridized carbons (Fsp3) is 0.615. The maximum Gasteiger partial charge on any atom is 0.0570 e. The van der Waals surface area contributed by atoms with Gasteiger partial charge in [0.15, 0.2) is 0 Å². The summed E-state index contributed by atoms with van der Waals surface area (Å²) < 4.78 is 0. The van der Waals surface area contributed by atoms with Crippen molar-refractivity contribution in [3.8, 4) is 0 Å². The normalized spacial score (nSPS) is 10.6. The molecule has 0 saturated carbocycles. The minimum Gasteiger partial charge on any atom is -0.311 e. The molecule has 0 saturated heterocycles. The molecule has 1 N–H and O–H groups in total. The van der Waals surface area contributed by atoms with Gasteiger partial charge in [-0.2, -0.15) is 0 Å². The number of hydrogen-bond donors (Lipinski definition) is 1. The Morgan fingerprint density at radius 2 is 2.06 bits per heavy atom. The molecule has 1 aromatic heterocycles. The van der Waals surface area contributed by atoms with Gasteiger partial charge in [-0.3, -0.25) is 4.98 Å². The molecule has 0 aliphatic rings. The fourth-order valence-electron chi connectivity index (χ4n) is 1.61. The molecule has 0 bridgehead atoms. The zero-order chi connectivity index (χ0) is 11.6. The largest absolute Gasteiger partial charge is 0.311 e. The second-order valence-electron chi connectivity index (χ2n) is 4.05. The van der Waals surface area contributed by atoms with E-state index in [4.69, 9.17) is 11.6 Å². The Labute approximate surface area is 103 Å². The summed E-state index contributed by atoms with van der Waals surface area (Å²) in [5.41, 5.74) is 2.42. The van der Waals surface area contributed by atoms with Gasteiger partial charge in [-0.05, 0) is 37.9 Å². The predicted octanol–water partition coefficient (Wildman–Crippen LogP) is 3.28. The van der Waals surface area contributed by atoms with Crippen molar-refractivity contribution in [2.75, 3.05) is 12.4 Å². The zero-order valence-corrected chi connectivity index (χ0v) is 10.8. The molecule has 0 amide bonds. The lowest BCUT2D eigenvalue weighted by Crippen LogP contribution is -2.16.